The fourth-order valence-electron chi connectivity index (χ4n) is 5.65. The minimum Gasteiger partial charge on any atom is -0.387 e. The van der Waals surface area contributed by atoms with Crippen molar-refractivity contribution in [3.8, 4) is 0 Å². The maximum absolute atomic E-state index is 12.8. The molecule has 1 saturated heterocycles. The highest BCUT2D eigenvalue weighted by Crippen LogP contribution is 2.43. The second kappa shape index (κ2) is 29.2. The third kappa shape index (κ3) is 28.3. The summed E-state index contributed by atoms with van der Waals surface area (Å²) in [4.78, 5) is 23.0. The van der Waals surface area contributed by atoms with Gasteiger partial charge in [0.1, 0.15) is 13.2 Å². The highest BCUT2D eigenvalue weighted by atomic mass is 31.2. The number of rotatable bonds is 34. The summed E-state index contributed by atoms with van der Waals surface area (Å²) in [5.74, 6) is -0.209. The molecule has 0 aromatic carbocycles. The Labute approximate surface area is 306 Å². The van der Waals surface area contributed by atoms with E-state index in [-0.39, 0.29) is 19.1 Å². The molecule has 5 atom stereocenters. The topological polar surface area (TPSA) is 118 Å². The summed E-state index contributed by atoms with van der Waals surface area (Å²) in [6, 6.07) is -0.873. The minimum absolute atomic E-state index is 0.0495. The maximum atomic E-state index is 12.8. The Kier molecular flexibility index (Phi) is 27.2. The molecule has 292 valence electrons. The van der Waals surface area contributed by atoms with Crippen molar-refractivity contribution in [3.05, 3.63) is 36.5 Å². The number of unbranched alkanes of at least 4 members (excludes halogenated alkanes) is 14. The van der Waals surface area contributed by atoms with Gasteiger partial charge in [0.15, 0.2) is 0 Å². The molecular formula is C40H76N2O7P+. The lowest BCUT2D eigenvalue weighted by Crippen LogP contribution is -2.45. The number of aliphatic hydroxyl groups excluding tert-OH is 1. The van der Waals surface area contributed by atoms with Gasteiger partial charge < -0.3 is 24.5 Å². The number of aliphatic hydroxyl groups is 1. The quantitative estimate of drug-likeness (QED) is 0.0199. The van der Waals surface area contributed by atoms with Crippen molar-refractivity contribution < 1.29 is 37.6 Å². The Bertz CT molecular complexity index is 981. The van der Waals surface area contributed by atoms with Gasteiger partial charge in [-0.15, -0.1) is 0 Å². The summed E-state index contributed by atoms with van der Waals surface area (Å²) in [6.07, 6.45) is 35.1. The number of carbonyl (C=O) groups is 1. The van der Waals surface area contributed by atoms with E-state index in [9.17, 15) is 19.4 Å². The van der Waals surface area contributed by atoms with Crippen LogP contribution >= 0.6 is 7.82 Å². The number of likely N-dealkylation sites (N-methyl/N-ethyl adjacent to an activating group) is 1. The van der Waals surface area contributed by atoms with Crippen molar-refractivity contribution in [2.24, 2.45) is 0 Å². The molecule has 9 nitrogen and oxygen atoms in total. The van der Waals surface area contributed by atoms with Gasteiger partial charge in [0.25, 0.3) is 0 Å². The molecule has 3 unspecified atom stereocenters. The number of hydrogen-bond donors (Lipinski definition) is 3. The lowest BCUT2D eigenvalue weighted by Gasteiger charge is -2.25. The molecule has 1 heterocycles. The van der Waals surface area contributed by atoms with Crippen molar-refractivity contribution >= 4 is 13.7 Å². The molecule has 0 spiro atoms. The third-order valence-electron chi connectivity index (χ3n) is 9.01. The van der Waals surface area contributed by atoms with Crippen molar-refractivity contribution in [1.29, 1.82) is 0 Å². The first-order valence-corrected chi connectivity index (χ1v) is 21.5. The van der Waals surface area contributed by atoms with Crippen molar-refractivity contribution in [3.63, 3.8) is 0 Å². The molecule has 1 rings (SSSR count). The number of phosphoric ester groups is 1. The Morgan fingerprint density at radius 1 is 0.780 bits per heavy atom. The molecule has 1 aliphatic rings. The van der Waals surface area contributed by atoms with Crippen LogP contribution in [0.3, 0.4) is 0 Å². The van der Waals surface area contributed by atoms with Crippen LogP contribution < -0.4 is 5.32 Å². The van der Waals surface area contributed by atoms with Gasteiger partial charge in [-0.3, -0.25) is 13.8 Å². The normalized spacial score (nSPS) is 19.0. The molecule has 0 radical (unpaired) electrons. The number of quaternary nitrogens is 1. The smallest absolute Gasteiger partial charge is 0.387 e. The zero-order valence-electron chi connectivity index (χ0n) is 32.6. The fraction of sp³-hybridized carbons (Fsp3) is 0.825. The fourth-order valence-corrected chi connectivity index (χ4v) is 6.38. The van der Waals surface area contributed by atoms with E-state index in [1.165, 1.54) is 64.2 Å². The summed E-state index contributed by atoms with van der Waals surface area (Å²) in [5, 5.41) is 13.7. The average molecular weight is 728 g/mol. The van der Waals surface area contributed by atoms with E-state index in [1.807, 2.05) is 27.2 Å². The van der Waals surface area contributed by atoms with Crippen LogP contribution in [0.15, 0.2) is 36.5 Å². The zero-order chi connectivity index (χ0) is 36.9. The van der Waals surface area contributed by atoms with E-state index >= 15 is 0 Å². The summed E-state index contributed by atoms with van der Waals surface area (Å²) < 4.78 is 29.3. The number of ether oxygens (including phenoxy) is 1. The number of nitrogens with zero attached hydrogens (tertiary/aromatic N) is 1. The first-order chi connectivity index (χ1) is 24.0. The van der Waals surface area contributed by atoms with Crippen LogP contribution in [0.2, 0.25) is 0 Å². The van der Waals surface area contributed by atoms with Crippen molar-refractivity contribution in [1.82, 2.24) is 5.32 Å². The number of amides is 1. The van der Waals surface area contributed by atoms with E-state index in [4.69, 9.17) is 13.8 Å². The summed E-state index contributed by atoms with van der Waals surface area (Å²) in [7, 11) is 1.53. The summed E-state index contributed by atoms with van der Waals surface area (Å²) >= 11 is 0. The van der Waals surface area contributed by atoms with Crippen LogP contribution in [0.25, 0.3) is 0 Å². The monoisotopic (exact) mass is 728 g/mol. The van der Waals surface area contributed by atoms with Gasteiger partial charge in [0.05, 0.1) is 52.1 Å². The molecule has 0 saturated carbocycles. The van der Waals surface area contributed by atoms with Gasteiger partial charge in [0.2, 0.25) is 5.91 Å². The second-order valence-corrected chi connectivity index (χ2v) is 16.5. The molecule has 0 bridgehead atoms. The standard InChI is InChI=1S/C40H75N2O7P/c1-6-8-10-12-14-15-16-17-18-19-21-25-29-37(43)36(35-48-50(45,46)47-34-33-42(3,4)5)41-40(44)32-28-24-20-23-27-31-39-38(49-39)30-26-22-13-11-9-7-2/h17-18,22,25-26,29,36-39,43H,6-16,19-21,23-24,27-28,30-35H2,1-5H3,(H-,41,44,45,46)/p+1/b18-17-,26-22-,29-25+/t36-,37+,38?,39?/m0/s1. The molecule has 0 aromatic rings. The van der Waals surface area contributed by atoms with Gasteiger partial charge in [-0.1, -0.05) is 121 Å². The van der Waals surface area contributed by atoms with Crippen LogP contribution in [0.4, 0.5) is 0 Å². The number of epoxide rings is 1. The average Bonchev–Trinajstić information content (AvgIpc) is 3.81. The zero-order valence-corrected chi connectivity index (χ0v) is 33.5. The first-order valence-electron chi connectivity index (χ1n) is 20.0. The number of hydrogen-bond acceptors (Lipinski definition) is 6. The predicted octanol–water partition coefficient (Wildman–Crippen LogP) is 9.34. The lowest BCUT2D eigenvalue weighted by molar-refractivity contribution is -0.870. The Balaban J connectivity index is 2.40. The van der Waals surface area contributed by atoms with Gasteiger partial charge in [-0.2, -0.15) is 0 Å². The van der Waals surface area contributed by atoms with Crippen LogP contribution in [0.5, 0.6) is 0 Å². The van der Waals surface area contributed by atoms with Crippen molar-refractivity contribution in [2.45, 2.75) is 173 Å². The van der Waals surface area contributed by atoms with E-state index in [1.54, 1.807) is 6.08 Å². The second-order valence-electron chi connectivity index (χ2n) is 15.0. The molecule has 1 amide bonds. The number of nitrogens with one attached hydrogen (secondary N) is 1. The Morgan fingerprint density at radius 3 is 2.08 bits per heavy atom. The number of carbonyl (C=O) groups excluding carboxylic acids is 1. The predicted molar refractivity (Wildman–Crippen MR) is 207 cm³/mol. The summed E-state index contributed by atoms with van der Waals surface area (Å²) in [6.45, 7) is 4.70. The van der Waals surface area contributed by atoms with Gasteiger partial charge in [-0.05, 0) is 57.8 Å². The minimum atomic E-state index is -4.35. The summed E-state index contributed by atoms with van der Waals surface area (Å²) in [5.41, 5.74) is 0. The van der Waals surface area contributed by atoms with E-state index < -0.39 is 20.0 Å². The molecular weight excluding hydrogens is 651 g/mol. The van der Waals surface area contributed by atoms with E-state index in [0.717, 1.165) is 64.2 Å². The molecule has 1 aliphatic heterocycles. The molecule has 50 heavy (non-hydrogen) atoms. The molecule has 3 N–H and O–H groups in total. The Hall–Kier alpha value is -1.32. The van der Waals surface area contributed by atoms with Gasteiger partial charge in [0, 0.05) is 6.42 Å². The highest BCUT2D eigenvalue weighted by Gasteiger charge is 2.36. The van der Waals surface area contributed by atoms with E-state index in [2.05, 4.69) is 43.5 Å². The van der Waals surface area contributed by atoms with Crippen molar-refractivity contribution in [2.75, 3.05) is 40.9 Å². The number of allylic oxidation sites excluding steroid dienone is 4. The first kappa shape index (κ1) is 46.7. The largest absolute Gasteiger partial charge is 0.472 e. The van der Waals surface area contributed by atoms with Crippen LogP contribution in [-0.4, -0.2) is 85.6 Å². The lowest BCUT2D eigenvalue weighted by atomic mass is 10.1. The van der Waals surface area contributed by atoms with Crippen LogP contribution in [-0.2, 0) is 23.1 Å². The number of phosphoric acid groups is 1. The highest BCUT2D eigenvalue weighted by molar-refractivity contribution is 7.47. The van der Waals surface area contributed by atoms with Gasteiger partial charge in [-0.25, -0.2) is 4.57 Å². The van der Waals surface area contributed by atoms with E-state index in [0.29, 0.717) is 29.7 Å². The van der Waals surface area contributed by atoms with Crippen LogP contribution in [0.1, 0.15) is 149 Å². The SMILES string of the molecule is CCCCC/C=C\CC1OC1CCCCCCCC(=O)N[C@@H](COP(=O)(O)OCC[N+](C)(C)C)[C@H](O)/C=C/CC/C=C\CCCCCCCC. The molecule has 0 aromatic heterocycles. The molecule has 10 heteroatoms. The maximum Gasteiger partial charge on any atom is 0.472 e. The van der Waals surface area contributed by atoms with Gasteiger partial charge >= 0.3 is 7.82 Å². The Morgan fingerprint density at radius 2 is 1.36 bits per heavy atom. The molecule has 1 fully saturated rings. The molecule has 0 aliphatic carbocycles. The third-order valence-corrected chi connectivity index (χ3v) is 9.99. The van der Waals surface area contributed by atoms with Crippen LogP contribution in [0, 0.1) is 0 Å².